The number of rotatable bonds is 10. The second-order valence-corrected chi connectivity index (χ2v) is 9.98. The molecule has 1 atom stereocenters. The third kappa shape index (κ3) is 4.70. The van der Waals surface area contributed by atoms with Crippen molar-refractivity contribution < 1.29 is 17.6 Å². The summed E-state index contributed by atoms with van der Waals surface area (Å²) in [6, 6.07) is 3.38. The molecule has 0 aliphatic carbocycles. The maximum absolute atomic E-state index is 12.6. The molecule has 3 heterocycles. The summed E-state index contributed by atoms with van der Waals surface area (Å²) in [5.74, 6) is 0.796. The van der Waals surface area contributed by atoms with Crippen molar-refractivity contribution in [3.05, 3.63) is 24.2 Å². The number of carbonyl (C=O) groups excluding carboxylic acids is 1. The predicted octanol–water partition coefficient (Wildman–Crippen LogP) is 2.47. The average molecular weight is 428 g/mol. The minimum Gasteiger partial charge on any atom is -0.468 e. The molecule has 0 aromatic carbocycles. The summed E-state index contributed by atoms with van der Waals surface area (Å²) < 4.78 is 30.3. The van der Waals surface area contributed by atoms with Gasteiger partial charge >= 0.3 is 6.03 Å². The van der Waals surface area contributed by atoms with Crippen LogP contribution in [0.25, 0.3) is 0 Å². The van der Waals surface area contributed by atoms with Crippen molar-refractivity contribution in [3.63, 3.8) is 0 Å². The number of carbonyl (C=O) groups is 1. The number of nitrogens with zero attached hydrogens (tertiary/aromatic N) is 4. The van der Waals surface area contributed by atoms with Gasteiger partial charge in [-0.3, -0.25) is 10.2 Å². The number of aromatic nitrogens is 2. The summed E-state index contributed by atoms with van der Waals surface area (Å²) in [4.78, 5) is 15.6. The van der Waals surface area contributed by atoms with E-state index in [4.69, 9.17) is 4.42 Å². The molecule has 1 unspecified atom stereocenters. The van der Waals surface area contributed by atoms with Crippen LogP contribution in [0.3, 0.4) is 0 Å². The van der Waals surface area contributed by atoms with E-state index in [0.29, 0.717) is 19.5 Å². The molecular formula is C17H25N5O4S2. The third-order valence-corrected chi connectivity index (χ3v) is 7.69. The van der Waals surface area contributed by atoms with E-state index >= 15 is 0 Å². The standard InChI is InChI=1S/C17H25N5O4S2/c1-3-4-5-6-10-28(24,25)16-20-19-15(27-16)22-14(12-21(2)17(22)23)18-11-13-8-7-9-26-13/h7-9,14,18H,3-6,10-12H2,1-2H3. The Balaban J connectivity index is 1.70. The van der Waals surface area contributed by atoms with Crippen LogP contribution in [0.4, 0.5) is 9.93 Å². The topological polar surface area (TPSA) is 109 Å². The number of hydrogen-bond donors (Lipinski definition) is 1. The summed E-state index contributed by atoms with van der Waals surface area (Å²) in [7, 11) is -1.80. The Hall–Kier alpha value is -1.98. The summed E-state index contributed by atoms with van der Waals surface area (Å²) >= 11 is 0.939. The van der Waals surface area contributed by atoms with Crippen molar-refractivity contribution in [1.29, 1.82) is 0 Å². The van der Waals surface area contributed by atoms with Gasteiger partial charge in [-0.25, -0.2) is 13.2 Å². The van der Waals surface area contributed by atoms with E-state index in [1.165, 1.54) is 4.90 Å². The highest BCUT2D eigenvalue weighted by Gasteiger charge is 2.39. The molecular weight excluding hydrogens is 402 g/mol. The number of anilines is 1. The van der Waals surface area contributed by atoms with Gasteiger partial charge in [-0.2, -0.15) is 0 Å². The average Bonchev–Trinajstić information content (AvgIpc) is 3.39. The summed E-state index contributed by atoms with van der Waals surface area (Å²) in [5, 5.41) is 11.4. The van der Waals surface area contributed by atoms with Crippen LogP contribution in [0.2, 0.25) is 0 Å². The maximum Gasteiger partial charge on any atom is 0.327 e. The number of likely N-dealkylation sites (N-methyl/N-ethyl adjacent to an activating group) is 1. The van der Waals surface area contributed by atoms with Gasteiger partial charge in [-0.05, 0) is 18.6 Å². The van der Waals surface area contributed by atoms with Gasteiger partial charge < -0.3 is 9.32 Å². The lowest BCUT2D eigenvalue weighted by Crippen LogP contribution is -2.44. The Morgan fingerprint density at radius 1 is 1.32 bits per heavy atom. The van der Waals surface area contributed by atoms with E-state index in [1.54, 1.807) is 24.3 Å². The molecule has 0 bridgehead atoms. The largest absolute Gasteiger partial charge is 0.468 e. The van der Waals surface area contributed by atoms with Crippen LogP contribution in [0.15, 0.2) is 27.2 Å². The first kappa shape index (κ1) is 20.7. The second kappa shape index (κ2) is 9.01. The number of hydrogen-bond acceptors (Lipinski definition) is 8. The molecule has 9 nitrogen and oxygen atoms in total. The second-order valence-electron chi connectivity index (χ2n) is 6.74. The number of nitrogens with one attached hydrogen (secondary N) is 1. The summed E-state index contributed by atoms with van der Waals surface area (Å²) in [6.07, 6.45) is 4.76. The molecule has 1 aliphatic heterocycles. The summed E-state index contributed by atoms with van der Waals surface area (Å²) in [5.41, 5.74) is 0. The van der Waals surface area contributed by atoms with E-state index in [0.717, 1.165) is 36.4 Å². The first-order valence-corrected chi connectivity index (χ1v) is 11.8. The van der Waals surface area contributed by atoms with Crippen molar-refractivity contribution in [2.45, 2.75) is 49.7 Å². The van der Waals surface area contributed by atoms with Gasteiger partial charge in [0.1, 0.15) is 11.9 Å². The fourth-order valence-corrected chi connectivity index (χ4v) is 5.50. The molecule has 2 aromatic heterocycles. The van der Waals surface area contributed by atoms with Crippen LogP contribution < -0.4 is 10.2 Å². The van der Waals surface area contributed by atoms with Gasteiger partial charge in [-0.15, -0.1) is 10.2 Å². The zero-order valence-electron chi connectivity index (χ0n) is 16.0. The van der Waals surface area contributed by atoms with Crippen molar-refractivity contribution in [2.75, 3.05) is 24.2 Å². The number of urea groups is 1. The fourth-order valence-electron chi connectivity index (χ4n) is 2.97. The van der Waals surface area contributed by atoms with Gasteiger partial charge in [0, 0.05) is 7.05 Å². The monoisotopic (exact) mass is 427 g/mol. The van der Waals surface area contributed by atoms with E-state index in [1.807, 2.05) is 6.07 Å². The number of amides is 2. The predicted molar refractivity (Wildman–Crippen MR) is 106 cm³/mol. The number of unbranched alkanes of at least 4 members (excludes halogenated alkanes) is 3. The van der Waals surface area contributed by atoms with Crippen molar-refractivity contribution in [3.8, 4) is 0 Å². The van der Waals surface area contributed by atoms with Crippen LogP contribution in [0, 0.1) is 0 Å². The fraction of sp³-hybridized carbons (Fsp3) is 0.588. The molecule has 154 valence electrons. The first-order valence-electron chi connectivity index (χ1n) is 9.28. The maximum atomic E-state index is 12.6. The zero-order chi connectivity index (χ0) is 20.1. The van der Waals surface area contributed by atoms with Gasteiger partial charge in [0.2, 0.25) is 19.3 Å². The van der Waals surface area contributed by atoms with E-state index < -0.39 is 9.84 Å². The Morgan fingerprint density at radius 2 is 2.14 bits per heavy atom. The molecule has 2 amide bonds. The third-order valence-electron chi connectivity index (χ3n) is 4.52. The molecule has 1 fully saturated rings. The van der Waals surface area contributed by atoms with E-state index in [9.17, 15) is 13.2 Å². The van der Waals surface area contributed by atoms with Gasteiger partial charge in [0.15, 0.2) is 0 Å². The molecule has 0 radical (unpaired) electrons. The number of sulfone groups is 1. The van der Waals surface area contributed by atoms with Gasteiger partial charge in [-0.1, -0.05) is 37.5 Å². The van der Waals surface area contributed by atoms with Crippen molar-refractivity contribution in [2.24, 2.45) is 0 Å². The van der Waals surface area contributed by atoms with E-state index in [-0.39, 0.29) is 27.4 Å². The molecule has 1 saturated heterocycles. The lowest BCUT2D eigenvalue weighted by atomic mass is 10.2. The molecule has 1 N–H and O–H groups in total. The van der Waals surface area contributed by atoms with Crippen LogP contribution in [0.5, 0.6) is 0 Å². The summed E-state index contributed by atoms with van der Waals surface area (Å²) in [6.45, 7) is 2.96. The van der Waals surface area contributed by atoms with E-state index in [2.05, 4.69) is 22.4 Å². The molecule has 11 heteroatoms. The zero-order valence-corrected chi connectivity index (χ0v) is 17.6. The van der Waals surface area contributed by atoms with Crippen molar-refractivity contribution in [1.82, 2.24) is 20.4 Å². The van der Waals surface area contributed by atoms with Crippen LogP contribution >= 0.6 is 11.3 Å². The lowest BCUT2D eigenvalue weighted by Gasteiger charge is -2.20. The minimum absolute atomic E-state index is 0.0360. The molecule has 1 aliphatic rings. The smallest absolute Gasteiger partial charge is 0.327 e. The molecule has 0 spiro atoms. The lowest BCUT2D eigenvalue weighted by molar-refractivity contribution is 0.229. The SMILES string of the molecule is CCCCCCS(=O)(=O)c1nnc(N2C(=O)N(C)CC2NCc2ccco2)s1. The Bertz CT molecular complexity index is 881. The highest BCUT2D eigenvalue weighted by molar-refractivity contribution is 7.93. The van der Waals surface area contributed by atoms with Crippen LogP contribution in [0.1, 0.15) is 38.4 Å². The molecule has 28 heavy (non-hydrogen) atoms. The molecule has 2 aromatic rings. The first-order chi connectivity index (χ1) is 13.4. The quantitative estimate of drug-likeness (QED) is 0.458. The Kier molecular flexibility index (Phi) is 6.68. The molecule has 0 saturated carbocycles. The van der Waals surface area contributed by atoms with Crippen LogP contribution in [-0.4, -0.2) is 55.1 Å². The highest BCUT2D eigenvalue weighted by Crippen LogP contribution is 2.29. The number of furan rings is 1. The minimum atomic E-state index is -3.49. The van der Waals surface area contributed by atoms with Crippen molar-refractivity contribution >= 4 is 32.3 Å². The molecule has 3 rings (SSSR count). The van der Waals surface area contributed by atoms with Gasteiger partial charge in [0.05, 0.1) is 25.1 Å². The normalized spacial score (nSPS) is 17.6. The van der Waals surface area contributed by atoms with Gasteiger partial charge in [0.25, 0.3) is 0 Å². The van der Waals surface area contributed by atoms with Crippen LogP contribution in [-0.2, 0) is 16.4 Å². The Morgan fingerprint density at radius 3 is 2.86 bits per heavy atom. The highest BCUT2D eigenvalue weighted by atomic mass is 32.2. The Labute approximate surface area is 168 Å².